The quantitative estimate of drug-likeness (QED) is 0.224. The van der Waals surface area contributed by atoms with Crippen molar-refractivity contribution in [2.24, 2.45) is 0 Å². The molecular weight excluding hydrogens is 418 g/mol. The van der Waals surface area contributed by atoms with Gasteiger partial charge >= 0.3 is 0 Å². The Balaban J connectivity index is 0.00000625. The molecule has 26 heavy (non-hydrogen) atoms. The van der Waals surface area contributed by atoms with Gasteiger partial charge in [-0.15, -0.1) is 0 Å². The molecule has 0 saturated carbocycles. The van der Waals surface area contributed by atoms with Crippen molar-refractivity contribution in [1.82, 2.24) is 0 Å². The molecule has 0 bridgehead atoms. The van der Waals surface area contributed by atoms with Gasteiger partial charge < -0.3 is 0 Å². The van der Waals surface area contributed by atoms with Crippen LogP contribution in [-0.4, -0.2) is 73.2 Å². The predicted molar refractivity (Wildman–Crippen MR) is 111 cm³/mol. The molecule has 3 nitrogen and oxygen atoms in total. The molecule has 0 aromatic heterocycles. The average molecular weight is 454 g/mol. The second kappa shape index (κ2) is 18.0. The van der Waals surface area contributed by atoms with Gasteiger partial charge in [0, 0.05) is 58.2 Å². The van der Waals surface area contributed by atoms with Gasteiger partial charge in [0.05, 0.1) is 11.5 Å². The molecular formula is C21H36O3RbS. The summed E-state index contributed by atoms with van der Waals surface area (Å²) in [6, 6.07) is 8.35. The SMILES string of the molecule is CCCCCCCCCCCCCCCOS(=O)(=O)c1ccccc1.[Rb]. The van der Waals surface area contributed by atoms with E-state index in [-0.39, 0.29) is 69.7 Å². The molecule has 0 spiro atoms. The zero-order valence-electron chi connectivity index (χ0n) is 16.9. The molecule has 0 aliphatic heterocycles. The number of benzene rings is 1. The fraction of sp³-hybridized carbons (Fsp3) is 0.714. The van der Waals surface area contributed by atoms with Crippen LogP contribution < -0.4 is 0 Å². The molecule has 0 N–H and O–H groups in total. The molecule has 0 aliphatic rings. The largest absolute Gasteiger partial charge is 0.296 e. The first-order chi connectivity index (χ1) is 12.2. The van der Waals surface area contributed by atoms with Gasteiger partial charge in [-0.3, -0.25) is 4.18 Å². The Bertz CT molecular complexity index is 517. The van der Waals surface area contributed by atoms with Gasteiger partial charge in [-0.1, -0.05) is 102 Å². The maximum Gasteiger partial charge on any atom is 0.296 e. The number of hydrogen-bond donors (Lipinski definition) is 0. The summed E-state index contributed by atoms with van der Waals surface area (Å²) in [4.78, 5) is 0.240. The van der Waals surface area contributed by atoms with E-state index in [1.54, 1.807) is 30.3 Å². The van der Waals surface area contributed by atoms with E-state index >= 15 is 0 Å². The summed E-state index contributed by atoms with van der Waals surface area (Å²) in [6.07, 6.45) is 16.6. The van der Waals surface area contributed by atoms with Crippen LogP contribution in [0.5, 0.6) is 0 Å². The topological polar surface area (TPSA) is 43.4 Å². The molecule has 0 aliphatic carbocycles. The van der Waals surface area contributed by atoms with Crippen LogP contribution in [0.25, 0.3) is 0 Å². The fourth-order valence-electron chi connectivity index (χ4n) is 2.94. The summed E-state index contributed by atoms with van der Waals surface area (Å²) in [5.41, 5.74) is 0. The van der Waals surface area contributed by atoms with E-state index in [0.717, 1.165) is 12.8 Å². The van der Waals surface area contributed by atoms with Crippen LogP contribution in [0.1, 0.15) is 90.4 Å². The van der Waals surface area contributed by atoms with Gasteiger partial charge in [-0.2, -0.15) is 8.42 Å². The van der Waals surface area contributed by atoms with Crippen LogP contribution in [-0.2, 0) is 14.3 Å². The fourth-order valence-corrected chi connectivity index (χ4v) is 3.91. The third-order valence-corrected chi connectivity index (χ3v) is 5.84. The third-order valence-electron chi connectivity index (χ3n) is 4.52. The van der Waals surface area contributed by atoms with Gasteiger partial charge in [0.25, 0.3) is 10.1 Å². The van der Waals surface area contributed by atoms with E-state index in [0.29, 0.717) is 0 Å². The van der Waals surface area contributed by atoms with Crippen molar-refractivity contribution in [2.75, 3.05) is 6.61 Å². The molecule has 0 saturated heterocycles. The van der Waals surface area contributed by atoms with Gasteiger partial charge in [0.15, 0.2) is 0 Å². The van der Waals surface area contributed by atoms with E-state index in [9.17, 15) is 8.42 Å². The minimum absolute atomic E-state index is 0. The van der Waals surface area contributed by atoms with Crippen molar-refractivity contribution >= 4 is 68.3 Å². The molecule has 1 aromatic carbocycles. The van der Waals surface area contributed by atoms with Crippen LogP contribution in [0.15, 0.2) is 35.2 Å². The Hall–Kier alpha value is 0.935. The molecule has 1 rings (SSSR count). The molecule has 145 valence electrons. The van der Waals surface area contributed by atoms with Crippen molar-refractivity contribution in [3.05, 3.63) is 30.3 Å². The molecule has 0 fully saturated rings. The van der Waals surface area contributed by atoms with Crippen molar-refractivity contribution in [2.45, 2.75) is 95.3 Å². The second-order valence-electron chi connectivity index (χ2n) is 6.83. The van der Waals surface area contributed by atoms with Crippen molar-refractivity contribution in [1.29, 1.82) is 0 Å². The standard InChI is InChI=1S/C21H36O3S.Rb/c1-2-3-4-5-6-7-8-9-10-11-12-13-17-20-24-25(22,23)21-18-15-14-16-19-21;/h14-16,18-19H,2-13,17,20H2,1H3;. The van der Waals surface area contributed by atoms with Crippen LogP contribution in [0.2, 0.25) is 0 Å². The Morgan fingerprint density at radius 2 is 1.12 bits per heavy atom. The summed E-state index contributed by atoms with van der Waals surface area (Å²) in [7, 11) is -3.58. The summed E-state index contributed by atoms with van der Waals surface area (Å²) < 4.78 is 28.9. The smallest absolute Gasteiger partial charge is 0.266 e. The van der Waals surface area contributed by atoms with Gasteiger partial charge in [0.2, 0.25) is 0 Å². The first-order valence-corrected chi connectivity index (χ1v) is 11.5. The monoisotopic (exact) mass is 453 g/mol. The normalized spacial score (nSPS) is 11.3. The Morgan fingerprint density at radius 1 is 0.692 bits per heavy atom. The summed E-state index contributed by atoms with van der Waals surface area (Å²) in [5, 5.41) is 0. The van der Waals surface area contributed by atoms with Crippen molar-refractivity contribution < 1.29 is 12.6 Å². The zero-order chi connectivity index (χ0) is 18.2. The minimum Gasteiger partial charge on any atom is -0.266 e. The second-order valence-corrected chi connectivity index (χ2v) is 8.45. The molecule has 1 radical (unpaired) electrons. The van der Waals surface area contributed by atoms with Gasteiger partial charge in [0.1, 0.15) is 0 Å². The molecule has 0 amide bonds. The molecule has 5 heteroatoms. The summed E-state index contributed by atoms with van der Waals surface area (Å²) >= 11 is 0. The van der Waals surface area contributed by atoms with E-state index in [1.165, 1.54) is 70.6 Å². The van der Waals surface area contributed by atoms with E-state index in [2.05, 4.69) is 6.92 Å². The van der Waals surface area contributed by atoms with E-state index in [4.69, 9.17) is 4.18 Å². The van der Waals surface area contributed by atoms with Gasteiger partial charge in [-0.25, -0.2) is 0 Å². The minimum atomic E-state index is -3.58. The summed E-state index contributed by atoms with van der Waals surface area (Å²) in [5.74, 6) is 0. The first kappa shape index (κ1) is 26.9. The third kappa shape index (κ3) is 14.0. The predicted octanol–water partition coefficient (Wildman–Crippen LogP) is 6.10. The maximum absolute atomic E-state index is 11.9. The number of rotatable bonds is 16. The van der Waals surface area contributed by atoms with Gasteiger partial charge in [-0.05, 0) is 18.6 Å². The molecule has 1 aromatic rings. The Kier molecular flexibility index (Phi) is 18.6. The number of hydrogen-bond acceptors (Lipinski definition) is 3. The van der Waals surface area contributed by atoms with Crippen LogP contribution in [0.3, 0.4) is 0 Å². The zero-order valence-corrected chi connectivity index (χ0v) is 22.7. The first-order valence-electron chi connectivity index (χ1n) is 10.1. The molecule has 0 heterocycles. The van der Waals surface area contributed by atoms with E-state index in [1.807, 2.05) is 0 Å². The van der Waals surface area contributed by atoms with Crippen LogP contribution in [0, 0.1) is 0 Å². The average Bonchev–Trinajstić information content (AvgIpc) is 2.63. The van der Waals surface area contributed by atoms with Crippen LogP contribution >= 0.6 is 0 Å². The molecule has 0 atom stereocenters. The van der Waals surface area contributed by atoms with E-state index < -0.39 is 10.1 Å². The van der Waals surface area contributed by atoms with Crippen molar-refractivity contribution in [3.8, 4) is 0 Å². The molecule has 0 unspecified atom stereocenters. The maximum atomic E-state index is 11.9. The Labute approximate surface area is 210 Å². The van der Waals surface area contributed by atoms with Crippen molar-refractivity contribution in [3.63, 3.8) is 0 Å². The Morgan fingerprint density at radius 3 is 1.58 bits per heavy atom. The van der Waals surface area contributed by atoms with Crippen LogP contribution in [0.4, 0.5) is 0 Å². The summed E-state index contributed by atoms with van der Waals surface area (Å²) in [6.45, 7) is 2.54. The number of unbranched alkanes of at least 4 members (excludes halogenated alkanes) is 12.